The van der Waals surface area contributed by atoms with Crippen LogP contribution < -0.4 is 14.2 Å². The molecule has 0 aliphatic carbocycles. The van der Waals surface area contributed by atoms with E-state index in [1.54, 1.807) is 48.7 Å². The molecule has 1 N–H and O–H groups in total. The van der Waals surface area contributed by atoms with E-state index in [1.807, 2.05) is 0 Å². The topological polar surface area (TPSA) is 150 Å². The summed E-state index contributed by atoms with van der Waals surface area (Å²) in [5.74, 6) is -0.176. The molecule has 13 nitrogen and oxygen atoms in total. The van der Waals surface area contributed by atoms with E-state index in [0.717, 1.165) is 0 Å². The summed E-state index contributed by atoms with van der Waals surface area (Å²) < 4.78 is 39.5. The van der Waals surface area contributed by atoms with Crippen molar-refractivity contribution in [2.24, 2.45) is 0 Å². The number of hydrogen-bond donors (Lipinski definition) is 1. The van der Waals surface area contributed by atoms with Crippen molar-refractivity contribution in [2.45, 2.75) is 37.3 Å². The van der Waals surface area contributed by atoms with Gasteiger partial charge < -0.3 is 38.3 Å². The maximum Gasteiger partial charge on any atom is 0.350 e. The maximum absolute atomic E-state index is 12.4. The summed E-state index contributed by atoms with van der Waals surface area (Å²) in [6, 6.07) is 11.6. The number of aromatic nitrogens is 3. The lowest BCUT2D eigenvalue weighted by atomic mass is 10.1. The van der Waals surface area contributed by atoms with E-state index in [1.165, 1.54) is 26.0 Å². The standard InChI is InChI=1S/C25H25N3O10/c1-32-16-9-15(10-17(33-2)19(16)34-3)28-11-14(26-27-28)12-35-25-18(29)20-21(38-25)22(24(31)36-20)37-23(30)13-7-5-4-6-8-13/h4-11,18,20-22,25,29H,12H2,1-3H3/t18-,20-,21+,22+,25-/m0/s1. The number of aliphatic hydroxyl groups is 1. The van der Waals surface area contributed by atoms with Gasteiger partial charge in [-0.25, -0.2) is 14.3 Å². The first-order valence-corrected chi connectivity index (χ1v) is 11.6. The molecule has 2 aliphatic rings. The number of fused-ring (bicyclic) bond motifs is 1. The normalized spacial score (nSPS) is 24.0. The molecule has 38 heavy (non-hydrogen) atoms. The molecule has 2 aliphatic heterocycles. The minimum absolute atomic E-state index is 0.0754. The Balaban J connectivity index is 1.23. The van der Waals surface area contributed by atoms with Gasteiger partial charge in [-0.15, -0.1) is 5.10 Å². The van der Waals surface area contributed by atoms with E-state index < -0.39 is 42.6 Å². The zero-order chi connectivity index (χ0) is 26.8. The van der Waals surface area contributed by atoms with Crippen molar-refractivity contribution in [3.63, 3.8) is 0 Å². The second-order valence-corrected chi connectivity index (χ2v) is 8.40. The summed E-state index contributed by atoms with van der Waals surface area (Å²) in [7, 11) is 4.53. The van der Waals surface area contributed by atoms with Gasteiger partial charge in [-0.05, 0) is 12.1 Å². The van der Waals surface area contributed by atoms with E-state index >= 15 is 0 Å². The number of nitrogens with zero attached hydrogens (tertiary/aromatic N) is 3. The summed E-state index contributed by atoms with van der Waals surface area (Å²) in [6.07, 6.45) is -4.23. The molecule has 0 radical (unpaired) electrons. The quantitative estimate of drug-likeness (QED) is 0.396. The van der Waals surface area contributed by atoms with E-state index in [9.17, 15) is 14.7 Å². The number of carbonyl (C=O) groups excluding carboxylic acids is 2. The highest BCUT2D eigenvalue weighted by atomic mass is 16.7. The molecule has 13 heteroatoms. The van der Waals surface area contributed by atoms with Crippen LogP contribution in [0.4, 0.5) is 0 Å². The van der Waals surface area contributed by atoms with Crippen molar-refractivity contribution in [2.75, 3.05) is 21.3 Å². The molecule has 0 unspecified atom stereocenters. The van der Waals surface area contributed by atoms with Gasteiger partial charge in [0.05, 0.1) is 45.4 Å². The molecule has 0 amide bonds. The molecule has 3 aromatic rings. The van der Waals surface area contributed by atoms with Crippen LogP contribution >= 0.6 is 0 Å². The van der Waals surface area contributed by atoms with Crippen molar-refractivity contribution in [1.29, 1.82) is 0 Å². The number of aliphatic hydroxyl groups excluding tert-OH is 1. The molecule has 2 aromatic carbocycles. The molecule has 0 bridgehead atoms. The molecule has 2 saturated heterocycles. The first-order valence-electron chi connectivity index (χ1n) is 11.6. The number of methoxy groups -OCH3 is 3. The summed E-state index contributed by atoms with van der Waals surface area (Å²) in [4.78, 5) is 24.7. The lowest BCUT2D eigenvalue weighted by molar-refractivity contribution is -0.191. The molecule has 0 saturated carbocycles. The van der Waals surface area contributed by atoms with Crippen LogP contribution in [-0.2, 0) is 30.3 Å². The average Bonchev–Trinajstić information content (AvgIpc) is 3.62. The second kappa shape index (κ2) is 10.7. The maximum atomic E-state index is 12.4. The molecule has 200 valence electrons. The van der Waals surface area contributed by atoms with Gasteiger partial charge in [0, 0.05) is 12.1 Å². The van der Waals surface area contributed by atoms with E-state index in [2.05, 4.69) is 10.3 Å². The number of hydrogen-bond acceptors (Lipinski definition) is 12. The first kappa shape index (κ1) is 25.4. The molecular formula is C25H25N3O10. The smallest absolute Gasteiger partial charge is 0.350 e. The van der Waals surface area contributed by atoms with Crippen LogP contribution in [0.1, 0.15) is 16.1 Å². The largest absolute Gasteiger partial charge is 0.493 e. The fourth-order valence-electron chi connectivity index (χ4n) is 4.25. The number of carbonyl (C=O) groups is 2. The van der Waals surface area contributed by atoms with Crippen LogP contribution in [0, 0.1) is 0 Å². The molecule has 2 fully saturated rings. The van der Waals surface area contributed by atoms with Gasteiger partial charge in [-0.2, -0.15) is 0 Å². The molecule has 5 rings (SSSR count). The Labute approximate surface area is 216 Å². The van der Waals surface area contributed by atoms with Crippen LogP contribution in [0.2, 0.25) is 0 Å². The van der Waals surface area contributed by atoms with Gasteiger partial charge in [0.25, 0.3) is 0 Å². The second-order valence-electron chi connectivity index (χ2n) is 8.40. The molecule has 3 heterocycles. The minimum Gasteiger partial charge on any atom is -0.493 e. The lowest BCUT2D eigenvalue weighted by Gasteiger charge is -2.18. The van der Waals surface area contributed by atoms with Crippen LogP contribution in [0.15, 0.2) is 48.7 Å². The zero-order valence-corrected chi connectivity index (χ0v) is 20.7. The van der Waals surface area contributed by atoms with Crippen LogP contribution in [0.25, 0.3) is 5.69 Å². The molecule has 0 spiro atoms. The highest BCUT2D eigenvalue weighted by Gasteiger charge is 2.59. The number of ether oxygens (including phenoxy) is 7. The Morgan fingerprint density at radius 2 is 1.76 bits per heavy atom. The minimum atomic E-state index is -1.34. The summed E-state index contributed by atoms with van der Waals surface area (Å²) in [5, 5.41) is 18.8. The van der Waals surface area contributed by atoms with Gasteiger partial charge in [-0.3, -0.25) is 0 Å². The van der Waals surface area contributed by atoms with E-state index in [0.29, 0.717) is 28.6 Å². The van der Waals surface area contributed by atoms with Gasteiger partial charge >= 0.3 is 11.9 Å². The first-order chi connectivity index (χ1) is 18.4. The molecule has 5 atom stereocenters. The van der Waals surface area contributed by atoms with Crippen LogP contribution in [0.3, 0.4) is 0 Å². The Kier molecular flexibility index (Phi) is 7.13. The summed E-state index contributed by atoms with van der Waals surface area (Å²) in [6.45, 7) is -0.0754. The Bertz CT molecular complexity index is 1290. The van der Waals surface area contributed by atoms with Crippen molar-refractivity contribution in [3.8, 4) is 22.9 Å². The van der Waals surface area contributed by atoms with Gasteiger partial charge in [-0.1, -0.05) is 23.4 Å². The Hall–Kier alpha value is -4.20. The lowest BCUT2D eigenvalue weighted by Crippen LogP contribution is -2.35. The zero-order valence-electron chi connectivity index (χ0n) is 20.7. The van der Waals surface area contributed by atoms with Gasteiger partial charge in [0.2, 0.25) is 11.9 Å². The van der Waals surface area contributed by atoms with Crippen molar-refractivity contribution in [1.82, 2.24) is 15.0 Å². The fourth-order valence-corrected chi connectivity index (χ4v) is 4.25. The fraction of sp³-hybridized carbons (Fsp3) is 0.360. The van der Waals surface area contributed by atoms with Crippen molar-refractivity contribution >= 4 is 11.9 Å². The summed E-state index contributed by atoms with van der Waals surface area (Å²) >= 11 is 0. The highest BCUT2D eigenvalue weighted by Crippen LogP contribution is 2.39. The molecular weight excluding hydrogens is 502 g/mol. The van der Waals surface area contributed by atoms with Crippen molar-refractivity contribution < 1.29 is 47.9 Å². The van der Waals surface area contributed by atoms with Gasteiger partial charge in [0.1, 0.15) is 17.9 Å². The third-order valence-electron chi connectivity index (χ3n) is 6.11. The number of rotatable bonds is 9. The Morgan fingerprint density at radius 1 is 1.05 bits per heavy atom. The number of esters is 2. The van der Waals surface area contributed by atoms with Crippen LogP contribution in [0.5, 0.6) is 17.2 Å². The van der Waals surface area contributed by atoms with E-state index in [4.69, 9.17) is 33.2 Å². The summed E-state index contributed by atoms with van der Waals surface area (Å²) in [5.41, 5.74) is 1.29. The third-order valence-corrected chi connectivity index (χ3v) is 6.11. The third kappa shape index (κ3) is 4.74. The molecule has 1 aromatic heterocycles. The van der Waals surface area contributed by atoms with E-state index in [-0.39, 0.29) is 12.2 Å². The highest BCUT2D eigenvalue weighted by molar-refractivity contribution is 5.92. The van der Waals surface area contributed by atoms with Crippen LogP contribution in [-0.4, -0.2) is 84.1 Å². The number of benzene rings is 2. The SMILES string of the molecule is COc1cc(-n2cc(CO[C@H]3O[C@@H]4[C@@H](OC(=O)[C@@H]4OC(=O)c4ccccc4)[C@@H]3O)nn2)cc(OC)c1OC. The van der Waals surface area contributed by atoms with Crippen molar-refractivity contribution in [3.05, 3.63) is 59.9 Å². The predicted molar refractivity (Wildman–Crippen MR) is 126 cm³/mol. The Morgan fingerprint density at radius 3 is 2.42 bits per heavy atom. The monoisotopic (exact) mass is 527 g/mol. The van der Waals surface area contributed by atoms with Gasteiger partial charge in [0.15, 0.2) is 23.9 Å². The average molecular weight is 527 g/mol. The predicted octanol–water partition coefficient (Wildman–Crippen LogP) is 1.05.